The molecule has 0 saturated heterocycles. The highest BCUT2D eigenvalue weighted by Crippen LogP contribution is 2.25. The fourth-order valence-corrected chi connectivity index (χ4v) is 4.11. The maximum Gasteiger partial charge on any atom is 0.268 e. The van der Waals surface area contributed by atoms with E-state index >= 15 is 0 Å². The van der Waals surface area contributed by atoms with Crippen LogP contribution in [0.25, 0.3) is 23.0 Å². The van der Waals surface area contributed by atoms with Gasteiger partial charge in [-0.25, -0.2) is 4.68 Å². The first-order valence-electron chi connectivity index (χ1n) is 12.7. The minimum absolute atomic E-state index is 0.126. The van der Waals surface area contributed by atoms with Crippen LogP contribution in [-0.2, 0) is 11.3 Å². The lowest BCUT2D eigenvalue weighted by atomic mass is 10.1. The van der Waals surface area contributed by atoms with Gasteiger partial charge in [-0.3, -0.25) is 9.59 Å². The van der Waals surface area contributed by atoms with E-state index in [0.717, 1.165) is 22.4 Å². The zero-order valence-corrected chi connectivity index (χ0v) is 21.5. The van der Waals surface area contributed by atoms with Crippen LogP contribution in [0, 0.1) is 6.92 Å². The van der Waals surface area contributed by atoms with Crippen LogP contribution >= 0.6 is 0 Å². The molecule has 6 nitrogen and oxygen atoms in total. The molecule has 6 heteroatoms. The third kappa shape index (κ3) is 6.37. The smallest absolute Gasteiger partial charge is 0.268 e. The Kier molecular flexibility index (Phi) is 7.74. The summed E-state index contributed by atoms with van der Waals surface area (Å²) in [6.07, 6.45) is 3.54. The molecule has 0 radical (unpaired) electrons. The van der Waals surface area contributed by atoms with Gasteiger partial charge in [-0.2, -0.15) is 5.10 Å². The van der Waals surface area contributed by atoms with Gasteiger partial charge in [0.15, 0.2) is 0 Å². The van der Waals surface area contributed by atoms with E-state index in [1.165, 1.54) is 0 Å². The van der Waals surface area contributed by atoms with E-state index in [1.807, 2.05) is 116 Å². The summed E-state index contributed by atoms with van der Waals surface area (Å²) in [5.41, 5.74) is 5.75. The van der Waals surface area contributed by atoms with Crippen LogP contribution in [0.15, 0.2) is 127 Å². The third-order valence-electron chi connectivity index (χ3n) is 6.21. The molecule has 5 aromatic rings. The van der Waals surface area contributed by atoms with Crippen LogP contribution in [0.2, 0.25) is 0 Å². The Labute approximate surface area is 227 Å². The summed E-state index contributed by atoms with van der Waals surface area (Å²) in [5.74, 6) is -0.765. The van der Waals surface area contributed by atoms with Crippen molar-refractivity contribution in [3.63, 3.8) is 0 Å². The summed E-state index contributed by atoms with van der Waals surface area (Å²) in [5, 5.41) is 10.6. The highest BCUT2D eigenvalue weighted by molar-refractivity contribution is 6.05. The predicted molar refractivity (Wildman–Crippen MR) is 154 cm³/mol. The molecule has 1 aromatic heterocycles. The molecule has 4 aromatic carbocycles. The number of nitrogens with one attached hydrogen (secondary N) is 2. The standard InChI is InChI=1S/C33H28N4O2/c1-24-17-19-27(20-18-24)32(38)35-30(33(39)34-22-25-11-5-2-6-12-25)21-28-23-37(29-15-9-4-10-16-29)36-31(28)26-13-7-3-8-14-26/h2-21,23H,22H2,1H3,(H,34,39)(H,35,38)/b30-21+. The lowest BCUT2D eigenvalue weighted by Crippen LogP contribution is -2.34. The Balaban J connectivity index is 1.54. The molecule has 0 aliphatic rings. The molecule has 0 fully saturated rings. The zero-order valence-electron chi connectivity index (χ0n) is 21.5. The van der Waals surface area contributed by atoms with Gasteiger partial charge in [0.1, 0.15) is 11.4 Å². The van der Waals surface area contributed by atoms with Gasteiger partial charge in [-0.15, -0.1) is 0 Å². The van der Waals surface area contributed by atoms with Crippen LogP contribution < -0.4 is 10.6 Å². The molecule has 0 saturated carbocycles. The molecule has 0 unspecified atom stereocenters. The quantitative estimate of drug-likeness (QED) is 0.253. The Morgan fingerprint density at radius 1 is 0.795 bits per heavy atom. The van der Waals surface area contributed by atoms with E-state index in [0.29, 0.717) is 23.4 Å². The highest BCUT2D eigenvalue weighted by Gasteiger charge is 2.18. The number of hydrogen-bond acceptors (Lipinski definition) is 3. The monoisotopic (exact) mass is 512 g/mol. The number of aromatic nitrogens is 2. The zero-order chi connectivity index (χ0) is 27.0. The van der Waals surface area contributed by atoms with Crippen LogP contribution in [0.1, 0.15) is 27.0 Å². The van der Waals surface area contributed by atoms with Gasteiger partial charge in [0.05, 0.1) is 5.69 Å². The largest absolute Gasteiger partial charge is 0.347 e. The van der Waals surface area contributed by atoms with Gasteiger partial charge in [0, 0.05) is 29.4 Å². The first-order chi connectivity index (χ1) is 19.1. The molecule has 2 amide bonds. The number of benzene rings is 4. The fraction of sp³-hybridized carbons (Fsp3) is 0.0606. The lowest BCUT2D eigenvalue weighted by molar-refractivity contribution is -0.117. The van der Waals surface area contributed by atoms with Gasteiger partial charge < -0.3 is 10.6 Å². The molecule has 0 aliphatic heterocycles. The van der Waals surface area contributed by atoms with Crippen molar-refractivity contribution in [2.75, 3.05) is 0 Å². The van der Waals surface area contributed by atoms with Crippen LogP contribution in [-0.4, -0.2) is 21.6 Å². The number of amides is 2. The van der Waals surface area contributed by atoms with E-state index in [4.69, 9.17) is 5.10 Å². The summed E-state index contributed by atoms with van der Waals surface area (Å²) in [6.45, 7) is 2.28. The number of para-hydroxylation sites is 1. The molecule has 0 aliphatic carbocycles. The summed E-state index contributed by atoms with van der Waals surface area (Å²) < 4.78 is 1.77. The van der Waals surface area contributed by atoms with Crippen LogP contribution in [0.5, 0.6) is 0 Å². The molecule has 0 spiro atoms. The van der Waals surface area contributed by atoms with Crippen molar-refractivity contribution in [3.8, 4) is 16.9 Å². The first-order valence-corrected chi connectivity index (χ1v) is 12.7. The molecule has 39 heavy (non-hydrogen) atoms. The number of rotatable bonds is 8. The molecule has 0 bridgehead atoms. The summed E-state index contributed by atoms with van der Waals surface area (Å²) >= 11 is 0. The second-order valence-electron chi connectivity index (χ2n) is 9.13. The van der Waals surface area contributed by atoms with E-state index in [1.54, 1.807) is 22.9 Å². The number of nitrogens with zero attached hydrogens (tertiary/aromatic N) is 2. The number of aryl methyl sites for hydroxylation is 1. The second kappa shape index (κ2) is 11.9. The van der Waals surface area contributed by atoms with Crippen LogP contribution in [0.3, 0.4) is 0 Å². The number of carbonyl (C=O) groups is 2. The Hall–Kier alpha value is -5.23. The van der Waals surface area contributed by atoms with Gasteiger partial charge in [0.25, 0.3) is 11.8 Å². The van der Waals surface area contributed by atoms with Crippen LogP contribution in [0.4, 0.5) is 0 Å². The average Bonchev–Trinajstić information content (AvgIpc) is 3.41. The van der Waals surface area contributed by atoms with Gasteiger partial charge in [-0.1, -0.05) is 96.6 Å². The second-order valence-corrected chi connectivity index (χ2v) is 9.13. The van der Waals surface area contributed by atoms with Crippen molar-refractivity contribution >= 4 is 17.9 Å². The fourth-order valence-electron chi connectivity index (χ4n) is 4.11. The van der Waals surface area contributed by atoms with Crippen molar-refractivity contribution in [3.05, 3.63) is 149 Å². The topological polar surface area (TPSA) is 76.0 Å². The molecule has 5 rings (SSSR count). The van der Waals surface area contributed by atoms with Crippen molar-refractivity contribution in [2.45, 2.75) is 13.5 Å². The van der Waals surface area contributed by atoms with E-state index < -0.39 is 5.91 Å². The van der Waals surface area contributed by atoms with Gasteiger partial charge in [0.2, 0.25) is 0 Å². The summed E-state index contributed by atoms with van der Waals surface area (Å²) in [7, 11) is 0. The summed E-state index contributed by atoms with van der Waals surface area (Å²) in [4.78, 5) is 26.6. The van der Waals surface area contributed by atoms with Crippen molar-refractivity contribution in [1.82, 2.24) is 20.4 Å². The lowest BCUT2D eigenvalue weighted by Gasteiger charge is -2.12. The predicted octanol–water partition coefficient (Wildman–Crippen LogP) is 5.94. The Bertz CT molecular complexity index is 1590. The Morgan fingerprint density at radius 3 is 2.08 bits per heavy atom. The molecule has 1 heterocycles. The van der Waals surface area contributed by atoms with Crippen molar-refractivity contribution < 1.29 is 9.59 Å². The normalized spacial score (nSPS) is 11.2. The molecule has 192 valence electrons. The van der Waals surface area contributed by atoms with Gasteiger partial charge >= 0.3 is 0 Å². The number of carbonyl (C=O) groups excluding carboxylic acids is 2. The van der Waals surface area contributed by atoms with E-state index in [-0.39, 0.29) is 11.6 Å². The minimum atomic E-state index is -0.397. The van der Waals surface area contributed by atoms with Crippen molar-refractivity contribution in [1.29, 1.82) is 0 Å². The van der Waals surface area contributed by atoms with E-state index in [9.17, 15) is 9.59 Å². The average molecular weight is 513 g/mol. The third-order valence-corrected chi connectivity index (χ3v) is 6.21. The Morgan fingerprint density at radius 2 is 1.41 bits per heavy atom. The molecular weight excluding hydrogens is 484 g/mol. The molecule has 0 atom stereocenters. The van der Waals surface area contributed by atoms with Crippen molar-refractivity contribution in [2.24, 2.45) is 0 Å². The number of hydrogen-bond donors (Lipinski definition) is 2. The van der Waals surface area contributed by atoms with Gasteiger partial charge in [-0.05, 0) is 42.8 Å². The maximum absolute atomic E-state index is 13.4. The molecular formula is C33H28N4O2. The summed E-state index contributed by atoms with van der Waals surface area (Å²) in [6, 6.07) is 36.4. The minimum Gasteiger partial charge on any atom is -0.347 e. The first kappa shape index (κ1) is 25.4. The maximum atomic E-state index is 13.4. The molecule has 2 N–H and O–H groups in total. The SMILES string of the molecule is Cc1ccc(C(=O)N/C(=C/c2cn(-c3ccccc3)nc2-c2ccccc2)C(=O)NCc2ccccc2)cc1. The van der Waals surface area contributed by atoms with E-state index in [2.05, 4.69) is 10.6 Å². The highest BCUT2D eigenvalue weighted by atomic mass is 16.2.